The normalized spacial score (nSPS) is 14.1. The van der Waals surface area contributed by atoms with Gasteiger partial charge in [0, 0.05) is 23.9 Å². The van der Waals surface area contributed by atoms with E-state index in [1.54, 1.807) is 18.2 Å². The largest absolute Gasteiger partial charge is 0.481 e. The molecule has 11 nitrogen and oxygen atoms in total. The van der Waals surface area contributed by atoms with Crippen LogP contribution in [0, 0.1) is 12.8 Å². The van der Waals surface area contributed by atoms with E-state index in [1.807, 2.05) is 6.92 Å². The van der Waals surface area contributed by atoms with Gasteiger partial charge in [-0.25, -0.2) is 23.2 Å². The summed E-state index contributed by atoms with van der Waals surface area (Å²) < 4.78 is 25.4. The van der Waals surface area contributed by atoms with Gasteiger partial charge in [-0.2, -0.15) is 0 Å². The average molecular weight is 518 g/mol. The fourth-order valence-electron chi connectivity index (χ4n) is 3.97. The van der Waals surface area contributed by atoms with Crippen molar-refractivity contribution in [2.24, 2.45) is 5.92 Å². The van der Waals surface area contributed by atoms with Gasteiger partial charge >= 0.3 is 12.0 Å². The first kappa shape index (κ1) is 24.5. The number of rotatable bonds is 8. The number of urea groups is 1. The highest BCUT2D eigenvalue weighted by molar-refractivity contribution is 7.93. The second-order valence-electron chi connectivity index (χ2n) is 8.20. The topological polar surface area (TPSA) is 171 Å². The molecule has 184 valence electrons. The molecule has 0 atom stereocenters. The van der Waals surface area contributed by atoms with Crippen molar-refractivity contribution >= 4 is 49.8 Å². The van der Waals surface area contributed by atoms with Crippen molar-refractivity contribution in [2.75, 3.05) is 10.6 Å². The molecule has 13 heteroatoms. The summed E-state index contributed by atoms with van der Waals surface area (Å²) in [5.41, 5.74) is 1.40. The van der Waals surface area contributed by atoms with Crippen LogP contribution in [-0.2, 0) is 21.1 Å². The van der Waals surface area contributed by atoms with Gasteiger partial charge in [-0.3, -0.25) is 14.9 Å². The highest BCUT2D eigenvalue weighted by atomic mass is 32.2. The van der Waals surface area contributed by atoms with E-state index < -0.39 is 28.3 Å². The maximum Gasteiger partial charge on any atom is 0.325 e. The van der Waals surface area contributed by atoms with Crippen LogP contribution in [0.5, 0.6) is 0 Å². The molecule has 1 fully saturated rings. The second-order valence-corrected chi connectivity index (χ2v) is 11.3. The Hall–Kier alpha value is -3.58. The van der Waals surface area contributed by atoms with E-state index in [0.717, 1.165) is 31.2 Å². The summed E-state index contributed by atoms with van der Waals surface area (Å²) in [7, 11) is -4.17. The first-order valence-electron chi connectivity index (χ1n) is 10.8. The summed E-state index contributed by atoms with van der Waals surface area (Å²) in [6.07, 6.45) is 5.54. The monoisotopic (exact) mass is 517 g/mol. The highest BCUT2D eigenvalue weighted by Crippen LogP contribution is 2.33. The summed E-state index contributed by atoms with van der Waals surface area (Å²) in [4.78, 5) is 47.3. The van der Waals surface area contributed by atoms with Crippen molar-refractivity contribution in [3.8, 4) is 0 Å². The SMILES string of the molecule is Cc1ccc(NC(=O)Nc2nc(CC(=O)O)c(S(=O)(=O)c3ncc[nH]3)s2)c(C(=O)C2CCCC2)c1. The van der Waals surface area contributed by atoms with Crippen LogP contribution in [0.1, 0.15) is 47.3 Å². The minimum Gasteiger partial charge on any atom is -0.481 e. The molecule has 3 aromatic rings. The van der Waals surface area contributed by atoms with Gasteiger partial charge in [0.15, 0.2) is 15.1 Å². The number of carboxylic acid groups (broad SMARTS) is 1. The molecular formula is C22H23N5O6S2. The lowest BCUT2D eigenvalue weighted by Crippen LogP contribution is -2.22. The zero-order valence-corrected chi connectivity index (χ0v) is 20.3. The number of Topliss-reactive ketones (excluding diaryl/α,β-unsaturated/α-hetero) is 1. The lowest BCUT2D eigenvalue weighted by molar-refractivity contribution is -0.136. The molecule has 35 heavy (non-hydrogen) atoms. The van der Waals surface area contributed by atoms with Crippen LogP contribution in [0.2, 0.25) is 0 Å². The molecule has 1 aliphatic rings. The number of aromatic amines is 1. The van der Waals surface area contributed by atoms with Crippen LogP contribution in [0.15, 0.2) is 40.0 Å². The second kappa shape index (κ2) is 9.96. The molecule has 4 N–H and O–H groups in total. The molecule has 4 rings (SSSR count). The van der Waals surface area contributed by atoms with Crippen LogP contribution in [0.3, 0.4) is 0 Å². The van der Waals surface area contributed by atoms with Crippen LogP contribution >= 0.6 is 11.3 Å². The number of benzene rings is 1. The summed E-state index contributed by atoms with van der Waals surface area (Å²) >= 11 is 0.618. The van der Waals surface area contributed by atoms with Crippen LogP contribution in [0.4, 0.5) is 15.6 Å². The fourth-order valence-corrected chi connectivity index (χ4v) is 6.62. The van der Waals surface area contributed by atoms with E-state index in [2.05, 4.69) is 25.6 Å². The molecule has 0 spiro atoms. The van der Waals surface area contributed by atoms with Gasteiger partial charge in [-0.05, 0) is 31.9 Å². The summed E-state index contributed by atoms with van der Waals surface area (Å²) in [5.74, 6) is -1.38. The molecule has 2 amide bonds. The maximum atomic E-state index is 13.0. The Morgan fingerprint density at radius 1 is 1.20 bits per heavy atom. The number of aliphatic carboxylic acids is 1. The van der Waals surface area contributed by atoms with E-state index in [9.17, 15) is 27.9 Å². The first-order valence-corrected chi connectivity index (χ1v) is 13.1. The third-order valence-electron chi connectivity index (χ3n) is 5.59. The Morgan fingerprint density at radius 3 is 2.60 bits per heavy atom. The Bertz CT molecular complexity index is 1380. The minimum absolute atomic E-state index is 0.0219. The summed E-state index contributed by atoms with van der Waals surface area (Å²) in [6.45, 7) is 1.86. The molecule has 0 aliphatic heterocycles. The van der Waals surface area contributed by atoms with E-state index in [4.69, 9.17) is 0 Å². The molecule has 2 aromatic heterocycles. The number of carbonyl (C=O) groups excluding carboxylic acids is 2. The number of nitrogens with zero attached hydrogens (tertiary/aromatic N) is 2. The van der Waals surface area contributed by atoms with E-state index in [0.29, 0.717) is 22.6 Å². The van der Waals surface area contributed by atoms with Crippen molar-refractivity contribution in [3.05, 3.63) is 47.4 Å². The predicted molar refractivity (Wildman–Crippen MR) is 128 cm³/mol. The average Bonchev–Trinajstić information content (AvgIpc) is 3.56. The molecule has 0 unspecified atom stereocenters. The number of aryl methyl sites for hydroxylation is 1. The number of hydrogen-bond acceptors (Lipinski definition) is 8. The zero-order chi connectivity index (χ0) is 25.2. The lowest BCUT2D eigenvalue weighted by Gasteiger charge is -2.14. The summed E-state index contributed by atoms with van der Waals surface area (Å²) in [5, 5.41) is 13.8. The number of thiazole rings is 1. The number of imidazole rings is 1. The molecule has 1 saturated carbocycles. The van der Waals surface area contributed by atoms with Crippen molar-refractivity contribution < 1.29 is 27.9 Å². The van der Waals surface area contributed by atoms with E-state index >= 15 is 0 Å². The Labute approximate surface area is 204 Å². The Kier molecular flexibility index (Phi) is 6.98. The molecule has 1 aromatic carbocycles. The number of H-pyrrole nitrogens is 1. The number of aromatic nitrogens is 3. The quantitative estimate of drug-likeness (QED) is 0.328. The molecule has 0 radical (unpaired) electrons. The lowest BCUT2D eigenvalue weighted by atomic mass is 9.94. The van der Waals surface area contributed by atoms with Crippen molar-refractivity contribution in [1.82, 2.24) is 15.0 Å². The summed E-state index contributed by atoms with van der Waals surface area (Å²) in [6, 6.07) is 4.40. The zero-order valence-electron chi connectivity index (χ0n) is 18.7. The highest BCUT2D eigenvalue weighted by Gasteiger charge is 2.30. The van der Waals surface area contributed by atoms with Crippen molar-refractivity contribution in [3.63, 3.8) is 0 Å². The fraction of sp³-hybridized carbons (Fsp3) is 0.318. The Morgan fingerprint density at radius 2 is 1.94 bits per heavy atom. The van der Waals surface area contributed by atoms with Crippen LogP contribution in [0.25, 0.3) is 0 Å². The number of hydrogen-bond donors (Lipinski definition) is 4. The number of amides is 2. The van der Waals surface area contributed by atoms with Gasteiger partial charge in [0.2, 0.25) is 5.16 Å². The number of carboxylic acids is 1. The van der Waals surface area contributed by atoms with Gasteiger partial charge in [0.05, 0.1) is 17.8 Å². The number of anilines is 2. The van der Waals surface area contributed by atoms with Crippen LogP contribution in [-0.4, -0.2) is 46.3 Å². The number of ketones is 1. The predicted octanol–water partition coefficient (Wildman–Crippen LogP) is 3.65. The van der Waals surface area contributed by atoms with E-state index in [1.165, 1.54) is 12.4 Å². The van der Waals surface area contributed by atoms with Crippen LogP contribution < -0.4 is 10.6 Å². The molecule has 1 aliphatic carbocycles. The number of nitrogens with one attached hydrogen (secondary N) is 3. The smallest absolute Gasteiger partial charge is 0.325 e. The minimum atomic E-state index is -4.17. The molecule has 0 saturated heterocycles. The van der Waals surface area contributed by atoms with Gasteiger partial charge in [0.25, 0.3) is 9.84 Å². The molecular weight excluding hydrogens is 494 g/mol. The van der Waals surface area contributed by atoms with Gasteiger partial charge < -0.3 is 15.4 Å². The maximum absolute atomic E-state index is 13.0. The van der Waals surface area contributed by atoms with Crippen molar-refractivity contribution in [2.45, 2.75) is 48.4 Å². The first-order chi connectivity index (χ1) is 16.6. The van der Waals surface area contributed by atoms with Crippen molar-refractivity contribution in [1.29, 1.82) is 0 Å². The number of carbonyl (C=O) groups is 3. The van der Waals surface area contributed by atoms with Gasteiger partial charge in [0.1, 0.15) is 0 Å². The van der Waals surface area contributed by atoms with Gasteiger partial charge in [-0.1, -0.05) is 35.8 Å². The molecule has 2 heterocycles. The van der Waals surface area contributed by atoms with Gasteiger partial charge in [-0.15, -0.1) is 0 Å². The standard InChI is InChI=1S/C22H23N5O6S2/c1-12-6-7-15(14(10-12)18(30)13-4-2-3-5-13)25-20(31)27-21-26-16(11-17(28)29)19(34-21)35(32,33)22-23-8-9-24-22/h6-10,13H,2-5,11H2,1H3,(H,23,24)(H,28,29)(H2,25,26,27,31). The number of sulfone groups is 1. The van der Waals surface area contributed by atoms with E-state index in [-0.39, 0.29) is 31.9 Å². The third kappa shape index (κ3) is 5.41. The third-order valence-corrected chi connectivity index (χ3v) is 8.76. The Balaban J connectivity index is 1.58. The molecule has 0 bridgehead atoms.